The van der Waals surface area contributed by atoms with Gasteiger partial charge < -0.3 is 10.2 Å². The second-order valence-corrected chi connectivity index (χ2v) is 6.35. The first-order valence-corrected chi connectivity index (χ1v) is 8.33. The Labute approximate surface area is 114 Å². The second kappa shape index (κ2) is 8.16. The van der Waals surface area contributed by atoms with Crippen LogP contribution in [-0.4, -0.2) is 37.6 Å². The molecule has 18 heavy (non-hydrogen) atoms. The normalized spacial score (nSPS) is 29.2. The molecule has 2 rings (SSSR count). The van der Waals surface area contributed by atoms with Crippen molar-refractivity contribution in [1.82, 2.24) is 10.2 Å². The first-order chi connectivity index (χ1) is 8.90. The van der Waals surface area contributed by atoms with Crippen molar-refractivity contribution in [3.8, 4) is 0 Å². The van der Waals surface area contributed by atoms with Gasteiger partial charge in [0.15, 0.2) is 0 Å². The Balaban J connectivity index is 1.54. The molecule has 2 atom stereocenters. The molecule has 106 valence electrons. The molecular weight excluding hydrogens is 220 g/mol. The van der Waals surface area contributed by atoms with Crippen LogP contribution in [0.15, 0.2) is 0 Å². The molecule has 0 aromatic carbocycles. The van der Waals surface area contributed by atoms with Crippen LogP contribution >= 0.6 is 0 Å². The number of piperidine rings is 1. The summed E-state index contributed by atoms with van der Waals surface area (Å²) in [6, 6.07) is 0. The van der Waals surface area contributed by atoms with E-state index in [2.05, 4.69) is 17.1 Å². The Morgan fingerprint density at radius 3 is 2.67 bits per heavy atom. The highest BCUT2D eigenvalue weighted by atomic mass is 15.1. The van der Waals surface area contributed by atoms with E-state index in [1.165, 1.54) is 84.1 Å². The van der Waals surface area contributed by atoms with E-state index in [4.69, 9.17) is 0 Å². The average Bonchev–Trinajstić information content (AvgIpc) is 2.42. The van der Waals surface area contributed by atoms with Gasteiger partial charge in [-0.05, 0) is 70.1 Å². The van der Waals surface area contributed by atoms with Crippen LogP contribution in [0.3, 0.4) is 0 Å². The zero-order chi connectivity index (χ0) is 12.6. The van der Waals surface area contributed by atoms with Crippen LogP contribution in [-0.2, 0) is 0 Å². The van der Waals surface area contributed by atoms with Crippen LogP contribution in [0.4, 0.5) is 0 Å². The van der Waals surface area contributed by atoms with Crippen molar-refractivity contribution in [2.45, 2.75) is 58.3 Å². The van der Waals surface area contributed by atoms with Crippen molar-refractivity contribution in [3.05, 3.63) is 0 Å². The number of hydrogen-bond acceptors (Lipinski definition) is 2. The average molecular weight is 252 g/mol. The van der Waals surface area contributed by atoms with Crippen molar-refractivity contribution in [3.63, 3.8) is 0 Å². The van der Waals surface area contributed by atoms with Gasteiger partial charge in [0, 0.05) is 6.54 Å². The summed E-state index contributed by atoms with van der Waals surface area (Å²) in [5.74, 6) is 2.13. The summed E-state index contributed by atoms with van der Waals surface area (Å²) in [7, 11) is 0. The summed E-state index contributed by atoms with van der Waals surface area (Å²) in [6.07, 6.45) is 11.5. The van der Waals surface area contributed by atoms with Gasteiger partial charge in [0.2, 0.25) is 0 Å². The largest absolute Gasteiger partial charge is 0.317 e. The first-order valence-electron chi connectivity index (χ1n) is 8.33. The van der Waals surface area contributed by atoms with Crippen LogP contribution in [0, 0.1) is 11.8 Å². The maximum Gasteiger partial charge on any atom is 0.00123 e. The molecule has 2 nitrogen and oxygen atoms in total. The van der Waals surface area contributed by atoms with Crippen LogP contribution < -0.4 is 5.32 Å². The molecule has 2 aliphatic rings. The second-order valence-electron chi connectivity index (χ2n) is 6.35. The summed E-state index contributed by atoms with van der Waals surface area (Å²) >= 11 is 0. The monoisotopic (exact) mass is 252 g/mol. The number of rotatable bonds is 7. The van der Waals surface area contributed by atoms with Gasteiger partial charge in [0.1, 0.15) is 0 Å². The number of nitrogens with one attached hydrogen (secondary N) is 1. The van der Waals surface area contributed by atoms with Gasteiger partial charge in [0.25, 0.3) is 0 Å². The molecule has 1 heterocycles. The standard InChI is InChI=1S/C16H32N2/c1-2-10-17-11-5-6-12-18-13-9-15-7-3-4-8-16(15)14-18/h15-17H,2-14H2,1H3. The molecular formula is C16H32N2. The van der Waals surface area contributed by atoms with Crippen molar-refractivity contribution in [2.75, 3.05) is 32.7 Å². The molecule has 1 N–H and O–H groups in total. The molecule has 2 heteroatoms. The van der Waals surface area contributed by atoms with Crippen LogP contribution in [0.5, 0.6) is 0 Å². The van der Waals surface area contributed by atoms with Gasteiger partial charge in [-0.25, -0.2) is 0 Å². The molecule has 1 saturated carbocycles. The minimum absolute atomic E-state index is 1.05. The maximum atomic E-state index is 3.50. The highest BCUT2D eigenvalue weighted by molar-refractivity contribution is 4.83. The van der Waals surface area contributed by atoms with Gasteiger partial charge in [0.05, 0.1) is 0 Å². The molecule has 2 fully saturated rings. The van der Waals surface area contributed by atoms with Gasteiger partial charge >= 0.3 is 0 Å². The lowest BCUT2D eigenvalue weighted by Gasteiger charge is -2.41. The van der Waals surface area contributed by atoms with E-state index in [9.17, 15) is 0 Å². The number of hydrogen-bond donors (Lipinski definition) is 1. The Bertz CT molecular complexity index is 217. The first kappa shape index (κ1) is 14.3. The fraction of sp³-hybridized carbons (Fsp3) is 1.00. The van der Waals surface area contributed by atoms with E-state index < -0.39 is 0 Å². The minimum atomic E-state index is 1.05. The third-order valence-corrected chi connectivity index (χ3v) is 4.88. The minimum Gasteiger partial charge on any atom is -0.317 e. The summed E-state index contributed by atoms with van der Waals surface area (Å²) in [4.78, 5) is 2.74. The maximum absolute atomic E-state index is 3.50. The summed E-state index contributed by atoms with van der Waals surface area (Å²) in [5.41, 5.74) is 0. The highest BCUT2D eigenvalue weighted by Crippen LogP contribution is 2.35. The van der Waals surface area contributed by atoms with Gasteiger partial charge in [-0.1, -0.05) is 26.2 Å². The van der Waals surface area contributed by atoms with E-state index in [-0.39, 0.29) is 0 Å². The van der Waals surface area contributed by atoms with Gasteiger partial charge in [-0.15, -0.1) is 0 Å². The third-order valence-electron chi connectivity index (χ3n) is 4.88. The highest BCUT2D eigenvalue weighted by Gasteiger charge is 2.30. The lowest BCUT2D eigenvalue weighted by atomic mass is 9.75. The van der Waals surface area contributed by atoms with E-state index in [0.29, 0.717) is 0 Å². The summed E-state index contributed by atoms with van der Waals surface area (Å²) < 4.78 is 0. The van der Waals surface area contributed by atoms with Crippen LogP contribution in [0.25, 0.3) is 0 Å². The number of likely N-dealkylation sites (tertiary alicyclic amines) is 1. The molecule has 1 saturated heterocycles. The Kier molecular flexibility index (Phi) is 6.50. The summed E-state index contributed by atoms with van der Waals surface area (Å²) in [6.45, 7) is 8.77. The van der Waals surface area contributed by atoms with Crippen molar-refractivity contribution in [2.24, 2.45) is 11.8 Å². The van der Waals surface area contributed by atoms with Crippen molar-refractivity contribution >= 4 is 0 Å². The topological polar surface area (TPSA) is 15.3 Å². The van der Waals surface area contributed by atoms with E-state index >= 15 is 0 Å². The predicted molar refractivity (Wildman–Crippen MR) is 78.9 cm³/mol. The summed E-state index contributed by atoms with van der Waals surface area (Å²) in [5, 5.41) is 3.50. The fourth-order valence-electron chi connectivity index (χ4n) is 3.77. The lowest BCUT2D eigenvalue weighted by Crippen LogP contribution is -2.42. The molecule has 0 amide bonds. The van der Waals surface area contributed by atoms with Crippen molar-refractivity contribution in [1.29, 1.82) is 0 Å². The molecule has 1 aliphatic heterocycles. The van der Waals surface area contributed by atoms with Gasteiger partial charge in [-0.2, -0.15) is 0 Å². The van der Waals surface area contributed by atoms with Gasteiger partial charge in [-0.3, -0.25) is 0 Å². The van der Waals surface area contributed by atoms with Crippen LogP contribution in [0.2, 0.25) is 0 Å². The Morgan fingerprint density at radius 2 is 1.83 bits per heavy atom. The number of nitrogens with zero attached hydrogens (tertiary/aromatic N) is 1. The Morgan fingerprint density at radius 1 is 1.00 bits per heavy atom. The molecule has 0 spiro atoms. The van der Waals surface area contributed by atoms with Crippen molar-refractivity contribution < 1.29 is 0 Å². The van der Waals surface area contributed by atoms with E-state index in [1.54, 1.807) is 0 Å². The smallest absolute Gasteiger partial charge is 0.00123 e. The van der Waals surface area contributed by atoms with E-state index in [1.807, 2.05) is 0 Å². The quantitative estimate of drug-likeness (QED) is 0.700. The third kappa shape index (κ3) is 4.55. The Hall–Kier alpha value is -0.0800. The molecule has 0 radical (unpaired) electrons. The number of fused-ring (bicyclic) bond motifs is 1. The van der Waals surface area contributed by atoms with E-state index in [0.717, 1.165) is 11.8 Å². The SMILES string of the molecule is CCCNCCCCN1CCC2CCCCC2C1. The lowest BCUT2D eigenvalue weighted by molar-refractivity contribution is 0.0858. The molecule has 0 aromatic heterocycles. The molecule has 1 aliphatic carbocycles. The predicted octanol–water partition coefficient (Wildman–Crippen LogP) is 3.28. The fourth-order valence-corrected chi connectivity index (χ4v) is 3.77. The number of unbranched alkanes of at least 4 members (excludes halogenated alkanes) is 1. The zero-order valence-electron chi connectivity index (χ0n) is 12.3. The molecule has 0 aromatic rings. The molecule has 2 unspecified atom stereocenters. The molecule has 0 bridgehead atoms. The zero-order valence-corrected chi connectivity index (χ0v) is 12.3. The van der Waals surface area contributed by atoms with Crippen LogP contribution in [0.1, 0.15) is 58.3 Å².